The van der Waals surface area contributed by atoms with Gasteiger partial charge < -0.3 is 24.5 Å². The number of fused-ring (bicyclic) bond motifs is 2. The number of carbonyl (C=O) groups is 2. The molecule has 44 heavy (non-hydrogen) atoms. The zero-order valence-corrected chi connectivity index (χ0v) is 25.5. The number of hydrogen-bond donors (Lipinski definition) is 1. The van der Waals surface area contributed by atoms with Crippen LogP contribution in [-0.4, -0.2) is 56.0 Å². The number of primary amides is 1. The molecule has 9 heteroatoms. The lowest BCUT2D eigenvalue weighted by atomic mass is 9.95. The monoisotopic (exact) mass is 590 g/mol. The molecule has 226 valence electrons. The van der Waals surface area contributed by atoms with Gasteiger partial charge in [0.2, 0.25) is 0 Å². The highest BCUT2D eigenvalue weighted by molar-refractivity contribution is 6.01. The van der Waals surface area contributed by atoms with Crippen molar-refractivity contribution in [2.45, 2.75) is 45.6 Å². The van der Waals surface area contributed by atoms with Crippen LogP contribution in [0.25, 0.3) is 44.6 Å². The number of nitrogens with zero attached hydrogens (tertiary/aromatic N) is 5. The first-order chi connectivity index (χ1) is 21.4. The van der Waals surface area contributed by atoms with Crippen molar-refractivity contribution in [3.05, 3.63) is 66.0 Å². The average Bonchev–Trinajstić information content (AvgIpc) is 3.72. The van der Waals surface area contributed by atoms with Crippen molar-refractivity contribution in [2.75, 3.05) is 20.2 Å². The van der Waals surface area contributed by atoms with Crippen LogP contribution in [0.15, 0.2) is 54.7 Å². The van der Waals surface area contributed by atoms with Crippen molar-refractivity contribution in [1.82, 2.24) is 24.0 Å². The van der Waals surface area contributed by atoms with Crippen molar-refractivity contribution in [2.24, 2.45) is 24.6 Å². The first-order valence-corrected chi connectivity index (χ1v) is 15.6. The molecular formula is C35H38N6O3. The molecule has 2 N–H and O–H groups in total. The molecule has 1 saturated heterocycles. The number of aromatic nitrogens is 4. The second kappa shape index (κ2) is 11.1. The van der Waals surface area contributed by atoms with Crippen LogP contribution in [0, 0.1) is 11.8 Å². The average molecular weight is 591 g/mol. The molecule has 1 aliphatic heterocycles. The highest BCUT2D eigenvalue weighted by Crippen LogP contribution is 2.40. The molecule has 2 aromatic carbocycles. The van der Waals surface area contributed by atoms with Crippen LogP contribution in [0.4, 0.5) is 0 Å². The largest absolute Gasteiger partial charge is 0.494 e. The first-order valence-electron chi connectivity index (χ1n) is 15.6. The van der Waals surface area contributed by atoms with Gasteiger partial charge in [-0.1, -0.05) is 37.6 Å². The van der Waals surface area contributed by atoms with E-state index in [1.54, 1.807) is 19.4 Å². The molecule has 0 radical (unpaired) electrons. The number of benzene rings is 2. The second-order valence-corrected chi connectivity index (χ2v) is 12.3. The quantitative estimate of drug-likeness (QED) is 0.237. The number of ether oxygens (including phenoxy) is 1. The normalized spacial score (nSPS) is 17.0. The van der Waals surface area contributed by atoms with Gasteiger partial charge in [0, 0.05) is 55.0 Å². The van der Waals surface area contributed by atoms with E-state index in [4.69, 9.17) is 15.5 Å². The highest BCUT2D eigenvalue weighted by Gasteiger charge is 2.29. The standard InChI is InChI=1S/C35H38N6O3/c1-4-21-7-6-14-40(19-21)35(43)25-15-28-32(30(17-25)44-3)39(2)34(38-28)29-16-23-8-5-9-26(31(23)41(29)20-22-10-11-22)24-12-13-27(33(36)42)37-18-24/h5,8-9,12-13,15-18,21-22H,4,6-7,10-11,14,19-20H2,1-3H3,(H2,36,42)/t21-/m1/s1. The smallest absolute Gasteiger partial charge is 0.267 e. The summed E-state index contributed by atoms with van der Waals surface area (Å²) in [6, 6.07) is 15.8. The summed E-state index contributed by atoms with van der Waals surface area (Å²) in [4.78, 5) is 36.8. The lowest BCUT2D eigenvalue weighted by Crippen LogP contribution is -2.39. The third kappa shape index (κ3) is 4.90. The highest BCUT2D eigenvalue weighted by atomic mass is 16.5. The Morgan fingerprint density at radius 2 is 1.89 bits per heavy atom. The minimum Gasteiger partial charge on any atom is -0.494 e. The van der Waals surface area contributed by atoms with Crippen LogP contribution >= 0.6 is 0 Å². The van der Waals surface area contributed by atoms with Gasteiger partial charge in [0.05, 0.1) is 23.8 Å². The van der Waals surface area contributed by atoms with Crippen LogP contribution in [0.2, 0.25) is 0 Å². The number of hydrogen-bond acceptors (Lipinski definition) is 5. The maximum atomic E-state index is 13.7. The van der Waals surface area contributed by atoms with Gasteiger partial charge in [0.25, 0.3) is 11.8 Å². The zero-order valence-electron chi connectivity index (χ0n) is 25.5. The van der Waals surface area contributed by atoms with Gasteiger partial charge in [0.1, 0.15) is 17.0 Å². The predicted molar refractivity (Wildman–Crippen MR) is 172 cm³/mol. The van der Waals surface area contributed by atoms with E-state index in [2.05, 4.69) is 39.2 Å². The summed E-state index contributed by atoms with van der Waals surface area (Å²) in [6.07, 6.45) is 7.42. The van der Waals surface area contributed by atoms with Crippen molar-refractivity contribution in [1.29, 1.82) is 0 Å². The van der Waals surface area contributed by atoms with E-state index in [9.17, 15) is 9.59 Å². The Morgan fingerprint density at radius 1 is 1.05 bits per heavy atom. The van der Waals surface area contributed by atoms with Gasteiger partial charge in [-0.2, -0.15) is 0 Å². The molecule has 9 nitrogen and oxygen atoms in total. The Kier molecular flexibility index (Phi) is 7.11. The summed E-state index contributed by atoms with van der Waals surface area (Å²) in [5.41, 5.74) is 12.0. The Balaban J connectivity index is 1.36. The van der Waals surface area contributed by atoms with Crippen molar-refractivity contribution < 1.29 is 14.3 Å². The molecule has 2 aliphatic rings. The van der Waals surface area contributed by atoms with Gasteiger partial charge >= 0.3 is 0 Å². The molecule has 7 rings (SSSR count). The zero-order chi connectivity index (χ0) is 30.5. The lowest BCUT2D eigenvalue weighted by molar-refractivity contribution is 0.0671. The van der Waals surface area contributed by atoms with E-state index in [1.807, 2.05) is 36.2 Å². The molecule has 1 atom stereocenters. The molecule has 2 amide bonds. The fraction of sp³-hybridized carbons (Fsp3) is 0.371. The van der Waals surface area contributed by atoms with E-state index in [0.29, 0.717) is 23.1 Å². The predicted octanol–water partition coefficient (Wildman–Crippen LogP) is 6.04. The topological polar surface area (TPSA) is 108 Å². The van der Waals surface area contributed by atoms with Gasteiger partial charge in [-0.25, -0.2) is 4.98 Å². The number of aryl methyl sites for hydroxylation is 1. The Bertz CT molecular complexity index is 1900. The van der Waals surface area contributed by atoms with Crippen LogP contribution in [0.5, 0.6) is 5.75 Å². The third-order valence-electron chi connectivity index (χ3n) is 9.40. The van der Waals surface area contributed by atoms with Gasteiger partial charge in [0.15, 0.2) is 5.82 Å². The fourth-order valence-corrected chi connectivity index (χ4v) is 6.77. The molecule has 4 heterocycles. The third-order valence-corrected chi connectivity index (χ3v) is 9.40. The minimum absolute atomic E-state index is 0.0407. The van der Waals surface area contributed by atoms with Gasteiger partial charge in [-0.15, -0.1) is 0 Å². The molecule has 3 aromatic heterocycles. The number of piperidine rings is 1. The maximum absolute atomic E-state index is 13.7. The summed E-state index contributed by atoms with van der Waals surface area (Å²) in [7, 11) is 3.66. The van der Waals surface area contributed by atoms with Crippen molar-refractivity contribution in [3.63, 3.8) is 0 Å². The van der Waals surface area contributed by atoms with E-state index < -0.39 is 5.91 Å². The number of methoxy groups -OCH3 is 1. The van der Waals surface area contributed by atoms with Gasteiger partial charge in [-0.05, 0) is 61.8 Å². The lowest BCUT2D eigenvalue weighted by Gasteiger charge is -2.32. The number of rotatable bonds is 8. The summed E-state index contributed by atoms with van der Waals surface area (Å²) in [6.45, 7) is 4.66. The van der Waals surface area contributed by atoms with Crippen molar-refractivity contribution in [3.8, 4) is 28.4 Å². The number of amides is 2. The van der Waals surface area contributed by atoms with Gasteiger partial charge in [-0.3, -0.25) is 14.6 Å². The molecule has 1 saturated carbocycles. The number of imidazole rings is 1. The Hall–Kier alpha value is -4.66. The molecule has 2 fully saturated rings. The number of nitrogens with two attached hydrogens (primary N) is 1. The number of carbonyl (C=O) groups excluding carboxylic acids is 2. The van der Waals surface area contributed by atoms with Crippen LogP contribution in [-0.2, 0) is 13.6 Å². The van der Waals surface area contributed by atoms with E-state index in [-0.39, 0.29) is 11.6 Å². The summed E-state index contributed by atoms with van der Waals surface area (Å²) in [5.74, 6) is 2.11. The number of likely N-dealkylation sites (tertiary alicyclic amines) is 1. The second-order valence-electron chi connectivity index (χ2n) is 12.3. The molecule has 0 spiro atoms. The molecule has 1 aliphatic carbocycles. The SMILES string of the molecule is CC[C@@H]1CCCN(C(=O)c2cc(OC)c3c(c2)nc(-c2cc4cccc(-c5ccc(C(N)=O)nc5)c4n2CC2CC2)n3C)C1. The Labute approximate surface area is 256 Å². The molecule has 5 aromatic rings. The van der Waals surface area contributed by atoms with E-state index >= 15 is 0 Å². The molecule has 0 bridgehead atoms. The number of para-hydroxylation sites is 1. The minimum atomic E-state index is -0.544. The first kappa shape index (κ1) is 28.1. The van der Waals surface area contributed by atoms with Crippen LogP contribution < -0.4 is 10.5 Å². The summed E-state index contributed by atoms with van der Waals surface area (Å²) in [5, 5.41) is 1.10. The number of pyridine rings is 1. The summed E-state index contributed by atoms with van der Waals surface area (Å²) >= 11 is 0. The van der Waals surface area contributed by atoms with E-state index in [1.165, 1.54) is 19.3 Å². The molecule has 0 unspecified atom stereocenters. The Morgan fingerprint density at radius 3 is 2.59 bits per heavy atom. The van der Waals surface area contributed by atoms with E-state index in [0.717, 1.165) is 77.1 Å². The van der Waals surface area contributed by atoms with Crippen molar-refractivity contribution >= 4 is 33.8 Å². The summed E-state index contributed by atoms with van der Waals surface area (Å²) < 4.78 is 10.3. The maximum Gasteiger partial charge on any atom is 0.267 e. The van der Waals surface area contributed by atoms with Crippen LogP contribution in [0.1, 0.15) is 59.9 Å². The van der Waals surface area contributed by atoms with Crippen LogP contribution in [0.3, 0.4) is 0 Å². The molecular weight excluding hydrogens is 552 g/mol. The fourth-order valence-electron chi connectivity index (χ4n) is 6.77.